The summed E-state index contributed by atoms with van der Waals surface area (Å²) in [6.07, 6.45) is 9.93. The molecule has 0 saturated carbocycles. The quantitative estimate of drug-likeness (QED) is 0.185. The van der Waals surface area contributed by atoms with Crippen molar-refractivity contribution in [2.45, 2.75) is 81.0 Å². The maximum absolute atomic E-state index is 13.3. The Kier molecular flexibility index (Phi) is 11.7. The molecule has 0 fully saturated rings. The second kappa shape index (κ2) is 11.7. The first-order chi connectivity index (χ1) is 9.44. The summed E-state index contributed by atoms with van der Waals surface area (Å²) in [7, 11) is 0.997. The van der Waals surface area contributed by atoms with Gasteiger partial charge in [0, 0.05) is 10.3 Å². The molecule has 0 amide bonds. The van der Waals surface area contributed by atoms with Crippen LogP contribution in [0.5, 0.6) is 0 Å². The molecule has 0 aliphatic rings. The maximum atomic E-state index is 13.3. The lowest BCUT2D eigenvalue weighted by Gasteiger charge is -2.17. The third-order valence-corrected chi connectivity index (χ3v) is 4.40. The van der Waals surface area contributed by atoms with Crippen molar-refractivity contribution in [3.05, 3.63) is 0 Å². The third kappa shape index (κ3) is 9.88. The van der Waals surface area contributed by atoms with E-state index in [0.717, 1.165) is 26.4 Å². The van der Waals surface area contributed by atoms with E-state index in [1.807, 2.05) is 22.6 Å². The lowest BCUT2D eigenvalue weighted by atomic mass is 10.0. The van der Waals surface area contributed by atoms with E-state index in [1.54, 1.807) is 0 Å². The van der Waals surface area contributed by atoms with Crippen LogP contribution >= 0.6 is 22.6 Å². The average molecular weight is 404 g/mol. The predicted molar refractivity (Wildman–Crippen MR) is 86.6 cm³/mol. The van der Waals surface area contributed by atoms with Gasteiger partial charge in [-0.1, -0.05) is 80.9 Å². The van der Waals surface area contributed by atoms with Gasteiger partial charge in [-0.25, -0.2) is 4.79 Å². The minimum Gasteiger partial charge on any atom is -0.465 e. The fourth-order valence-corrected chi connectivity index (χ4v) is 3.11. The number of ether oxygens (including phenoxy) is 1. The maximum Gasteiger partial charge on any atom is 0.376 e. The van der Waals surface area contributed by atoms with Gasteiger partial charge in [-0.2, -0.15) is 8.78 Å². The molecule has 0 bridgehead atoms. The Morgan fingerprint density at radius 1 is 1.10 bits per heavy atom. The van der Waals surface area contributed by atoms with Crippen LogP contribution in [0.15, 0.2) is 0 Å². The van der Waals surface area contributed by atoms with Gasteiger partial charge in [-0.05, 0) is 6.42 Å². The smallest absolute Gasteiger partial charge is 0.376 e. The van der Waals surface area contributed by atoms with Crippen molar-refractivity contribution in [2.24, 2.45) is 0 Å². The number of methoxy groups -OCH3 is 1. The minimum absolute atomic E-state index is 0.179. The van der Waals surface area contributed by atoms with Gasteiger partial charge in [0.1, 0.15) is 0 Å². The Morgan fingerprint density at radius 3 is 2.10 bits per heavy atom. The summed E-state index contributed by atoms with van der Waals surface area (Å²) in [5.74, 6) is -4.77. The fourth-order valence-electron chi connectivity index (χ4n) is 2.11. The van der Waals surface area contributed by atoms with E-state index in [1.165, 1.54) is 38.5 Å². The molecule has 120 valence electrons. The second-order valence-electron chi connectivity index (χ2n) is 5.26. The van der Waals surface area contributed by atoms with E-state index in [4.69, 9.17) is 0 Å². The Hall–Kier alpha value is 0.0600. The van der Waals surface area contributed by atoms with Crippen LogP contribution in [-0.4, -0.2) is 22.9 Å². The van der Waals surface area contributed by atoms with Crippen molar-refractivity contribution in [2.75, 3.05) is 7.11 Å². The highest BCUT2D eigenvalue weighted by Gasteiger charge is 2.41. The largest absolute Gasteiger partial charge is 0.465 e. The highest BCUT2D eigenvalue weighted by molar-refractivity contribution is 14.1. The number of esters is 1. The molecular formula is C15H27F2IO2. The molecule has 1 unspecified atom stereocenters. The van der Waals surface area contributed by atoms with Crippen molar-refractivity contribution >= 4 is 28.6 Å². The summed E-state index contributed by atoms with van der Waals surface area (Å²) in [4.78, 5) is 10.9. The summed E-state index contributed by atoms with van der Waals surface area (Å²) in [5, 5.41) is 0. The number of alkyl halides is 3. The minimum atomic E-state index is -3.35. The van der Waals surface area contributed by atoms with E-state index < -0.39 is 18.3 Å². The van der Waals surface area contributed by atoms with Crippen LogP contribution in [0.25, 0.3) is 0 Å². The van der Waals surface area contributed by atoms with Crippen LogP contribution in [-0.2, 0) is 9.53 Å². The molecule has 0 heterocycles. The van der Waals surface area contributed by atoms with Gasteiger partial charge < -0.3 is 4.74 Å². The SMILES string of the molecule is CCCCCCCCCCC(I)CC(F)(F)C(=O)OC. The topological polar surface area (TPSA) is 26.3 Å². The summed E-state index contributed by atoms with van der Waals surface area (Å²) >= 11 is 2.01. The van der Waals surface area contributed by atoms with Crippen LogP contribution in [0.1, 0.15) is 71.1 Å². The van der Waals surface area contributed by atoms with Crippen LogP contribution in [0.4, 0.5) is 8.78 Å². The Bertz CT molecular complexity index is 260. The zero-order chi connectivity index (χ0) is 15.4. The Labute approximate surface area is 135 Å². The van der Waals surface area contributed by atoms with E-state index in [9.17, 15) is 13.6 Å². The first-order valence-electron chi connectivity index (χ1n) is 7.54. The fraction of sp³-hybridized carbons (Fsp3) is 0.933. The molecule has 0 radical (unpaired) electrons. The van der Waals surface area contributed by atoms with Crippen LogP contribution < -0.4 is 0 Å². The monoisotopic (exact) mass is 404 g/mol. The second-order valence-corrected chi connectivity index (χ2v) is 7.02. The predicted octanol–water partition coefficient (Wildman–Crippen LogP) is 5.52. The Balaban J connectivity index is 3.58. The first-order valence-corrected chi connectivity index (χ1v) is 8.79. The van der Waals surface area contributed by atoms with E-state index in [2.05, 4.69) is 11.7 Å². The van der Waals surface area contributed by atoms with Gasteiger partial charge in [0.05, 0.1) is 7.11 Å². The van der Waals surface area contributed by atoms with Crippen LogP contribution in [0.2, 0.25) is 0 Å². The van der Waals surface area contributed by atoms with Gasteiger partial charge >= 0.3 is 11.9 Å². The van der Waals surface area contributed by atoms with Crippen molar-refractivity contribution in [1.29, 1.82) is 0 Å². The molecule has 20 heavy (non-hydrogen) atoms. The molecule has 2 nitrogen and oxygen atoms in total. The molecule has 0 N–H and O–H groups in total. The standard InChI is InChI=1S/C15H27F2IO2/c1-3-4-5-6-7-8-9-10-11-13(18)12-15(16,17)14(19)20-2/h13H,3-12H2,1-2H3. The summed E-state index contributed by atoms with van der Waals surface area (Å²) in [6, 6.07) is 0. The number of carbonyl (C=O) groups excluding carboxylic acids is 1. The summed E-state index contributed by atoms with van der Waals surface area (Å²) < 4.78 is 30.6. The van der Waals surface area contributed by atoms with E-state index in [0.29, 0.717) is 0 Å². The molecule has 5 heteroatoms. The van der Waals surface area contributed by atoms with Crippen molar-refractivity contribution in [3.63, 3.8) is 0 Å². The lowest BCUT2D eigenvalue weighted by Crippen LogP contribution is -2.32. The zero-order valence-corrected chi connectivity index (χ0v) is 14.8. The number of rotatable bonds is 12. The van der Waals surface area contributed by atoms with Gasteiger partial charge in [-0.3, -0.25) is 0 Å². The molecule has 0 saturated heterocycles. The summed E-state index contributed by atoms with van der Waals surface area (Å²) in [5.41, 5.74) is 0. The van der Waals surface area contributed by atoms with E-state index >= 15 is 0 Å². The van der Waals surface area contributed by atoms with E-state index in [-0.39, 0.29) is 3.92 Å². The van der Waals surface area contributed by atoms with Crippen LogP contribution in [0, 0.1) is 0 Å². The van der Waals surface area contributed by atoms with Crippen molar-refractivity contribution in [3.8, 4) is 0 Å². The van der Waals surface area contributed by atoms with Crippen LogP contribution in [0.3, 0.4) is 0 Å². The van der Waals surface area contributed by atoms with Crippen molar-refractivity contribution < 1.29 is 18.3 Å². The lowest BCUT2D eigenvalue weighted by molar-refractivity contribution is -0.169. The number of halogens is 3. The van der Waals surface area contributed by atoms with Gasteiger partial charge in [-0.15, -0.1) is 0 Å². The molecule has 0 aromatic heterocycles. The summed E-state index contributed by atoms with van der Waals surface area (Å²) in [6.45, 7) is 2.20. The van der Waals surface area contributed by atoms with Crippen molar-refractivity contribution in [1.82, 2.24) is 0 Å². The molecule has 0 spiro atoms. The first kappa shape index (κ1) is 20.1. The molecular weight excluding hydrogens is 377 g/mol. The molecule has 0 aliphatic heterocycles. The number of unbranched alkanes of at least 4 members (excludes halogenated alkanes) is 7. The highest BCUT2D eigenvalue weighted by Crippen LogP contribution is 2.28. The molecule has 0 rings (SSSR count). The number of hydrogen-bond donors (Lipinski definition) is 0. The van der Waals surface area contributed by atoms with Gasteiger partial charge in [0.2, 0.25) is 0 Å². The molecule has 1 atom stereocenters. The number of carbonyl (C=O) groups is 1. The molecule has 0 aliphatic carbocycles. The zero-order valence-electron chi connectivity index (χ0n) is 12.6. The van der Waals surface area contributed by atoms with Gasteiger partial charge in [0.25, 0.3) is 0 Å². The number of hydrogen-bond acceptors (Lipinski definition) is 2. The highest BCUT2D eigenvalue weighted by atomic mass is 127. The van der Waals surface area contributed by atoms with Gasteiger partial charge in [0.15, 0.2) is 0 Å². The normalized spacial score (nSPS) is 13.2. The third-order valence-electron chi connectivity index (χ3n) is 3.33. The Morgan fingerprint density at radius 2 is 1.60 bits per heavy atom. The molecule has 0 aromatic carbocycles. The molecule has 0 aromatic rings. The average Bonchev–Trinajstić information content (AvgIpc) is 2.40.